The van der Waals surface area contributed by atoms with Gasteiger partial charge in [-0.15, -0.1) is 10.2 Å². The minimum atomic E-state index is -0.0278. The number of nitrogens with one attached hydrogen (secondary N) is 1. The van der Waals surface area contributed by atoms with Crippen molar-refractivity contribution in [3.63, 3.8) is 0 Å². The minimum Gasteiger partial charge on any atom is -0.355 e. The van der Waals surface area contributed by atoms with Crippen LogP contribution in [-0.4, -0.2) is 40.7 Å². The largest absolute Gasteiger partial charge is 0.355 e. The Hall–Kier alpha value is -2.21. The van der Waals surface area contributed by atoms with Crippen LogP contribution in [0.5, 0.6) is 0 Å². The number of halogens is 1. The highest BCUT2D eigenvalue weighted by Crippen LogP contribution is 2.21. The molecule has 3 heterocycles. The molecular weight excluding hydrogens is 326 g/mol. The van der Waals surface area contributed by atoms with Gasteiger partial charge >= 0.3 is 0 Å². The van der Waals surface area contributed by atoms with Gasteiger partial charge in [0.25, 0.3) is 0 Å². The van der Waals surface area contributed by atoms with Gasteiger partial charge in [0.05, 0.1) is 5.92 Å². The second-order valence-electron chi connectivity index (χ2n) is 5.86. The average Bonchev–Trinajstić information content (AvgIpc) is 2.63. The van der Waals surface area contributed by atoms with E-state index in [4.69, 9.17) is 11.6 Å². The number of carbonyl (C=O) groups excluding carboxylic acids is 1. The van der Waals surface area contributed by atoms with Crippen LogP contribution in [0.1, 0.15) is 18.5 Å². The Morgan fingerprint density at radius 1 is 1.29 bits per heavy atom. The van der Waals surface area contributed by atoms with Crippen molar-refractivity contribution >= 4 is 23.3 Å². The first kappa shape index (κ1) is 16.6. The predicted octanol–water partition coefficient (Wildman–Crippen LogP) is 2.10. The van der Waals surface area contributed by atoms with Gasteiger partial charge in [-0.1, -0.05) is 17.7 Å². The molecule has 1 saturated heterocycles. The molecule has 0 saturated carbocycles. The zero-order valence-electron chi connectivity index (χ0n) is 13.4. The third kappa shape index (κ3) is 4.41. The number of carbonyl (C=O) groups is 1. The number of nitrogens with zero attached hydrogens (tertiary/aromatic N) is 4. The highest BCUT2D eigenvalue weighted by molar-refractivity contribution is 6.29. The molecule has 1 fully saturated rings. The topological polar surface area (TPSA) is 71.0 Å². The normalized spacial score (nSPS) is 17.5. The van der Waals surface area contributed by atoms with E-state index in [1.54, 1.807) is 12.3 Å². The van der Waals surface area contributed by atoms with Gasteiger partial charge in [0.2, 0.25) is 5.91 Å². The number of anilines is 1. The molecule has 0 bridgehead atoms. The van der Waals surface area contributed by atoms with E-state index in [2.05, 4.69) is 25.4 Å². The fraction of sp³-hybridized carbons (Fsp3) is 0.412. The number of amides is 1. The standard InChI is InChI=1S/C17H20ClN5O/c18-15-6-7-16(22-21-15)23-11-3-4-13(12-23)17(24)20-10-8-14-5-1-2-9-19-14/h1-2,5-7,9,13H,3-4,8,10-12H2,(H,20,24)/t13-/m1/s1. The maximum absolute atomic E-state index is 12.4. The zero-order chi connectivity index (χ0) is 16.8. The average molecular weight is 346 g/mol. The summed E-state index contributed by atoms with van der Waals surface area (Å²) in [6.07, 6.45) is 4.37. The Kier molecular flexibility index (Phi) is 5.59. The summed E-state index contributed by atoms with van der Waals surface area (Å²) in [7, 11) is 0. The number of hydrogen-bond donors (Lipinski definition) is 1. The molecule has 126 valence electrons. The van der Waals surface area contributed by atoms with Gasteiger partial charge in [-0.2, -0.15) is 0 Å². The van der Waals surface area contributed by atoms with Crippen molar-refractivity contribution in [3.8, 4) is 0 Å². The summed E-state index contributed by atoms with van der Waals surface area (Å²) in [5, 5.41) is 11.4. The molecule has 2 aromatic rings. The highest BCUT2D eigenvalue weighted by atomic mass is 35.5. The molecule has 1 atom stereocenters. The van der Waals surface area contributed by atoms with Gasteiger partial charge < -0.3 is 10.2 Å². The van der Waals surface area contributed by atoms with Gasteiger partial charge in [-0.25, -0.2) is 0 Å². The van der Waals surface area contributed by atoms with E-state index in [9.17, 15) is 4.79 Å². The zero-order valence-corrected chi connectivity index (χ0v) is 14.1. The fourth-order valence-corrected chi connectivity index (χ4v) is 2.98. The molecule has 0 aliphatic carbocycles. The molecule has 1 aliphatic rings. The molecule has 2 aromatic heterocycles. The summed E-state index contributed by atoms with van der Waals surface area (Å²) in [5.41, 5.74) is 0.986. The van der Waals surface area contributed by atoms with E-state index in [1.165, 1.54) is 0 Å². The molecule has 1 N–H and O–H groups in total. The highest BCUT2D eigenvalue weighted by Gasteiger charge is 2.26. The van der Waals surface area contributed by atoms with Crippen LogP contribution in [0, 0.1) is 5.92 Å². The van der Waals surface area contributed by atoms with Crippen LogP contribution in [0.2, 0.25) is 5.15 Å². The van der Waals surface area contributed by atoms with Crippen LogP contribution in [0.4, 0.5) is 5.82 Å². The maximum Gasteiger partial charge on any atom is 0.224 e. The van der Waals surface area contributed by atoms with Crippen molar-refractivity contribution in [3.05, 3.63) is 47.4 Å². The van der Waals surface area contributed by atoms with Gasteiger partial charge in [0.1, 0.15) is 0 Å². The van der Waals surface area contributed by atoms with Crippen LogP contribution >= 0.6 is 11.6 Å². The molecule has 0 spiro atoms. The summed E-state index contributed by atoms with van der Waals surface area (Å²) in [6, 6.07) is 9.37. The van der Waals surface area contributed by atoms with Crippen molar-refractivity contribution in [2.75, 3.05) is 24.5 Å². The van der Waals surface area contributed by atoms with Crippen molar-refractivity contribution in [2.45, 2.75) is 19.3 Å². The van der Waals surface area contributed by atoms with E-state index in [1.807, 2.05) is 24.3 Å². The first-order valence-electron chi connectivity index (χ1n) is 8.14. The van der Waals surface area contributed by atoms with Crippen molar-refractivity contribution in [1.29, 1.82) is 0 Å². The van der Waals surface area contributed by atoms with Gasteiger partial charge in [0.15, 0.2) is 11.0 Å². The smallest absolute Gasteiger partial charge is 0.224 e. The summed E-state index contributed by atoms with van der Waals surface area (Å²) < 4.78 is 0. The molecule has 0 aromatic carbocycles. The van der Waals surface area contributed by atoms with Crippen molar-refractivity contribution < 1.29 is 4.79 Å². The second kappa shape index (κ2) is 8.06. The Morgan fingerprint density at radius 3 is 2.96 bits per heavy atom. The molecule has 24 heavy (non-hydrogen) atoms. The number of piperidine rings is 1. The SMILES string of the molecule is O=C(NCCc1ccccn1)[C@@H]1CCCN(c2ccc(Cl)nn2)C1. The lowest BCUT2D eigenvalue weighted by Crippen LogP contribution is -2.43. The number of aromatic nitrogens is 3. The molecule has 7 heteroatoms. The van der Waals surface area contributed by atoms with Crippen LogP contribution in [0.25, 0.3) is 0 Å². The summed E-state index contributed by atoms with van der Waals surface area (Å²) >= 11 is 5.78. The van der Waals surface area contributed by atoms with Crippen LogP contribution in [0.15, 0.2) is 36.5 Å². The Balaban J connectivity index is 1.50. The number of rotatable bonds is 5. The Labute approximate surface area is 146 Å². The third-order valence-electron chi connectivity index (χ3n) is 4.14. The van der Waals surface area contributed by atoms with E-state index < -0.39 is 0 Å². The van der Waals surface area contributed by atoms with E-state index in [-0.39, 0.29) is 11.8 Å². The lowest BCUT2D eigenvalue weighted by Gasteiger charge is -2.32. The Bertz CT molecular complexity index is 664. The minimum absolute atomic E-state index is 0.0278. The second-order valence-corrected chi connectivity index (χ2v) is 6.25. The summed E-state index contributed by atoms with van der Waals surface area (Å²) in [6.45, 7) is 2.15. The quantitative estimate of drug-likeness (QED) is 0.898. The lowest BCUT2D eigenvalue weighted by molar-refractivity contribution is -0.125. The predicted molar refractivity (Wildman–Crippen MR) is 92.9 cm³/mol. The van der Waals surface area contributed by atoms with Gasteiger partial charge in [-0.05, 0) is 37.1 Å². The maximum atomic E-state index is 12.4. The van der Waals surface area contributed by atoms with E-state index >= 15 is 0 Å². The lowest BCUT2D eigenvalue weighted by atomic mass is 9.97. The van der Waals surface area contributed by atoms with E-state index in [0.717, 1.165) is 37.3 Å². The van der Waals surface area contributed by atoms with Gasteiger partial charge in [0, 0.05) is 37.9 Å². The first-order chi connectivity index (χ1) is 11.7. The molecule has 0 radical (unpaired) electrons. The van der Waals surface area contributed by atoms with Crippen LogP contribution in [-0.2, 0) is 11.2 Å². The molecule has 0 unspecified atom stereocenters. The molecule has 1 aliphatic heterocycles. The van der Waals surface area contributed by atoms with Crippen LogP contribution in [0.3, 0.4) is 0 Å². The number of hydrogen-bond acceptors (Lipinski definition) is 5. The molecular formula is C17H20ClN5O. The fourth-order valence-electron chi connectivity index (χ4n) is 2.88. The first-order valence-corrected chi connectivity index (χ1v) is 8.52. The molecule has 1 amide bonds. The Morgan fingerprint density at radius 2 is 2.21 bits per heavy atom. The van der Waals surface area contributed by atoms with Crippen molar-refractivity contribution in [2.24, 2.45) is 5.92 Å². The van der Waals surface area contributed by atoms with E-state index in [0.29, 0.717) is 18.2 Å². The summed E-state index contributed by atoms with van der Waals surface area (Å²) in [5.74, 6) is 0.836. The number of pyridine rings is 1. The monoisotopic (exact) mass is 345 g/mol. The van der Waals surface area contributed by atoms with Gasteiger partial charge in [-0.3, -0.25) is 9.78 Å². The van der Waals surface area contributed by atoms with Crippen molar-refractivity contribution in [1.82, 2.24) is 20.5 Å². The van der Waals surface area contributed by atoms with Crippen LogP contribution < -0.4 is 10.2 Å². The molecule has 3 rings (SSSR count). The summed E-state index contributed by atoms with van der Waals surface area (Å²) in [4.78, 5) is 18.8. The molecule has 6 nitrogen and oxygen atoms in total. The third-order valence-corrected chi connectivity index (χ3v) is 4.34.